The van der Waals surface area contributed by atoms with Gasteiger partial charge in [-0.05, 0) is 83.9 Å². The van der Waals surface area contributed by atoms with Crippen molar-refractivity contribution in [3.63, 3.8) is 0 Å². The number of rotatable bonds is 7. The molecule has 0 saturated carbocycles. The van der Waals surface area contributed by atoms with Gasteiger partial charge in [-0.2, -0.15) is 0 Å². The fourth-order valence-corrected chi connectivity index (χ4v) is 4.56. The van der Waals surface area contributed by atoms with Crippen molar-refractivity contribution in [2.75, 3.05) is 26.2 Å². The Balaban J connectivity index is 1.64. The molecular weight excluding hydrogens is 468 g/mol. The Bertz CT molecular complexity index is 1040. The molecule has 37 heavy (non-hydrogen) atoms. The van der Waals surface area contributed by atoms with Gasteiger partial charge in [0.15, 0.2) is 0 Å². The third-order valence-electron chi connectivity index (χ3n) is 6.20. The third kappa shape index (κ3) is 9.84. The van der Waals surface area contributed by atoms with Gasteiger partial charge in [0.1, 0.15) is 11.2 Å². The number of benzene rings is 1. The van der Waals surface area contributed by atoms with E-state index < -0.39 is 11.2 Å². The average Bonchev–Trinajstić information content (AvgIpc) is 2.99. The van der Waals surface area contributed by atoms with Crippen LogP contribution in [0, 0.1) is 0 Å². The normalized spacial score (nSPS) is 17.4. The van der Waals surface area contributed by atoms with E-state index in [0.717, 1.165) is 44.2 Å². The summed E-state index contributed by atoms with van der Waals surface area (Å²) in [5.41, 5.74) is 0.224. The lowest BCUT2D eigenvalue weighted by molar-refractivity contribution is 0.0225. The summed E-state index contributed by atoms with van der Waals surface area (Å²) >= 11 is 0. The maximum Gasteiger partial charge on any atom is 0.410 e. The van der Waals surface area contributed by atoms with Gasteiger partial charge in [0.25, 0.3) is 0 Å². The molecular formula is C29H44N4O4. The van der Waals surface area contributed by atoms with Gasteiger partial charge in [0, 0.05) is 56.5 Å². The highest BCUT2D eigenvalue weighted by atomic mass is 16.6. The lowest BCUT2D eigenvalue weighted by Gasteiger charge is -2.33. The second kappa shape index (κ2) is 12.6. The molecule has 1 aliphatic heterocycles. The number of amides is 2. The number of hydrogen-bond acceptors (Lipinski definition) is 6. The van der Waals surface area contributed by atoms with Crippen molar-refractivity contribution in [1.29, 1.82) is 0 Å². The van der Waals surface area contributed by atoms with Crippen LogP contribution in [-0.2, 0) is 16.0 Å². The topological polar surface area (TPSA) is 84.0 Å². The van der Waals surface area contributed by atoms with E-state index in [1.54, 1.807) is 0 Å². The lowest BCUT2D eigenvalue weighted by atomic mass is 10.0. The van der Waals surface area contributed by atoms with Gasteiger partial charge < -0.3 is 19.7 Å². The highest BCUT2D eigenvalue weighted by Gasteiger charge is 2.30. The molecule has 2 aromatic rings. The van der Waals surface area contributed by atoms with Crippen LogP contribution in [0.15, 0.2) is 36.7 Å². The Morgan fingerprint density at radius 1 is 1.00 bits per heavy atom. The molecule has 0 unspecified atom stereocenters. The first-order valence-electron chi connectivity index (χ1n) is 13.4. The minimum absolute atomic E-state index is 0.199. The van der Waals surface area contributed by atoms with Gasteiger partial charge in [-0.1, -0.05) is 18.6 Å². The van der Waals surface area contributed by atoms with Crippen LogP contribution in [0.4, 0.5) is 9.59 Å². The number of carbonyl (C=O) groups is 2. The van der Waals surface area contributed by atoms with E-state index in [4.69, 9.17) is 9.47 Å². The first kappa shape index (κ1) is 28.7. The molecule has 8 heteroatoms. The lowest BCUT2D eigenvalue weighted by Crippen LogP contribution is -2.44. The summed E-state index contributed by atoms with van der Waals surface area (Å²) < 4.78 is 11.0. The number of nitrogens with zero attached hydrogens (tertiary/aromatic N) is 3. The molecule has 0 radical (unpaired) electrons. The standard InChI is InChI=1S/C29H44N4O4/c1-28(2,3)36-26(34)31-14-8-7-10-25-21-33(27(35)37-29(4,5)6)17-9-16-32(25)20-22-11-12-24-19-30-15-13-23(24)18-22/h11-13,15,18-19,25H,7-10,14,16-17,20-21H2,1-6H3,(H,31,34)/t25-/m0/s1. The number of fused-ring (bicyclic) bond motifs is 1. The monoisotopic (exact) mass is 512 g/mol. The zero-order valence-electron chi connectivity index (χ0n) is 23.4. The summed E-state index contributed by atoms with van der Waals surface area (Å²) in [6.07, 6.45) is 6.68. The first-order valence-corrected chi connectivity index (χ1v) is 13.4. The third-order valence-corrected chi connectivity index (χ3v) is 6.20. The van der Waals surface area contributed by atoms with E-state index >= 15 is 0 Å². The molecule has 2 amide bonds. The molecule has 1 aliphatic rings. The summed E-state index contributed by atoms with van der Waals surface area (Å²) in [7, 11) is 0. The van der Waals surface area contributed by atoms with Crippen LogP contribution in [0.3, 0.4) is 0 Å². The van der Waals surface area contributed by atoms with Crippen molar-refractivity contribution < 1.29 is 19.1 Å². The van der Waals surface area contributed by atoms with E-state index in [9.17, 15) is 9.59 Å². The summed E-state index contributed by atoms with van der Waals surface area (Å²) in [5, 5.41) is 5.16. The molecule has 1 atom stereocenters. The fourth-order valence-electron chi connectivity index (χ4n) is 4.56. The number of ether oxygens (including phenoxy) is 2. The van der Waals surface area contributed by atoms with Crippen molar-refractivity contribution >= 4 is 23.0 Å². The number of unbranched alkanes of at least 4 members (excludes halogenated alkanes) is 1. The van der Waals surface area contributed by atoms with E-state index in [1.165, 1.54) is 10.9 Å². The Morgan fingerprint density at radius 2 is 1.76 bits per heavy atom. The smallest absolute Gasteiger partial charge is 0.410 e. The highest BCUT2D eigenvalue weighted by Crippen LogP contribution is 2.22. The molecule has 3 rings (SSSR count). The van der Waals surface area contributed by atoms with Crippen LogP contribution < -0.4 is 5.32 Å². The number of pyridine rings is 1. The molecule has 1 N–H and O–H groups in total. The molecule has 1 fully saturated rings. The Kier molecular flexibility index (Phi) is 9.76. The van der Waals surface area contributed by atoms with Crippen LogP contribution in [0.2, 0.25) is 0 Å². The van der Waals surface area contributed by atoms with Crippen molar-refractivity contribution in [2.45, 2.75) is 91.0 Å². The van der Waals surface area contributed by atoms with Crippen molar-refractivity contribution in [1.82, 2.24) is 20.1 Å². The molecule has 1 aromatic carbocycles. The minimum Gasteiger partial charge on any atom is -0.444 e. The largest absolute Gasteiger partial charge is 0.444 e. The summed E-state index contributed by atoms with van der Waals surface area (Å²) in [6, 6.07) is 8.77. The first-order chi connectivity index (χ1) is 17.4. The van der Waals surface area contributed by atoms with E-state index in [-0.39, 0.29) is 18.2 Å². The van der Waals surface area contributed by atoms with Crippen LogP contribution in [0.1, 0.15) is 72.8 Å². The van der Waals surface area contributed by atoms with Gasteiger partial charge >= 0.3 is 12.2 Å². The predicted molar refractivity (Wildman–Crippen MR) is 146 cm³/mol. The number of alkyl carbamates (subject to hydrolysis) is 1. The van der Waals surface area contributed by atoms with Crippen molar-refractivity contribution in [2.24, 2.45) is 0 Å². The van der Waals surface area contributed by atoms with E-state index in [1.807, 2.05) is 64.9 Å². The van der Waals surface area contributed by atoms with E-state index in [0.29, 0.717) is 19.6 Å². The summed E-state index contributed by atoms with van der Waals surface area (Å²) in [4.78, 5) is 33.4. The van der Waals surface area contributed by atoms with Gasteiger partial charge in [0.2, 0.25) is 0 Å². The second-order valence-electron chi connectivity index (χ2n) is 11.9. The molecule has 1 aromatic heterocycles. The van der Waals surface area contributed by atoms with Gasteiger partial charge in [0.05, 0.1) is 0 Å². The second-order valence-corrected chi connectivity index (χ2v) is 11.9. The molecule has 2 heterocycles. The minimum atomic E-state index is -0.522. The molecule has 8 nitrogen and oxygen atoms in total. The average molecular weight is 513 g/mol. The summed E-state index contributed by atoms with van der Waals surface area (Å²) in [6.45, 7) is 14.9. The number of nitrogens with one attached hydrogen (secondary N) is 1. The molecule has 0 aliphatic carbocycles. The Morgan fingerprint density at radius 3 is 2.49 bits per heavy atom. The molecule has 0 bridgehead atoms. The number of aromatic nitrogens is 1. The summed E-state index contributed by atoms with van der Waals surface area (Å²) in [5.74, 6) is 0. The van der Waals surface area contributed by atoms with Crippen LogP contribution >= 0.6 is 0 Å². The van der Waals surface area contributed by atoms with Gasteiger partial charge in [-0.3, -0.25) is 9.88 Å². The Labute approximate surface area is 221 Å². The fraction of sp³-hybridized carbons (Fsp3) is 0.621. The van der Waals surface area contributed by atoms with Crippen LogP contribution in [-0.4, -0.2) is 70.4 Å². The van der Waals surface area contributed by atoms with Crippen LogP contribution in [0.25, 0.3) is 10.8 Å². The van der Waals surface area contributed by atoms with Gasteiger partial charge in [-0.25, -0.2) is 9.59 Å². The van der Waals surface area contributed by atoms with Gasteiger partial charge in [-0.15, -0.1) is 0 Å². The zero-order valence-corrected chi connectivity index (χ0v) is 23.4. The van der Waals surface area contributed by atoms with Crippen molar-refractivity contribution in [3.05, 3.63) is 42.2 Å². The number of hydrogen-bond donors (Lipinski definition) is 1. The van der Waals surface area contributed by atoms with Crippen molar-refractivity contribution in [3.8, 4) is 0 Å². The Hall–Kier alpha value is -2.87. The predicted octanol–water partition coefficient (Wildman–Crippen LogP) is 5.74. The van der Waals surface area contributed by atoms with E-state index in [2.05, 4.69) is 33.4 Å². The molecule has 0 spiro atoms. The quantitative estimate of drug-likeness (QED) is 0.476. The SMILES string of the molecule is CC(C)(C)OC(=O)NCCCC[C@H]1CN(C(=O)OC(C)(C)C)CCCN1Cc1ccc2cnccc2c1. The maximum atomic E-state index is 12.9. The maximum absolute atomic E-state index is 12.9. The molecule has 1 saturated heterocycles. The number of carbonyl (C=O) groups excluding carboxylic acids is 2. The zero-order chi connectivity index (χ0) is 27.1. The highest BCUT2D eigenvalue weighted by molar-refractivity contribution is 5.82. The molecule has 204 valence electrons. The van der Waals surface area contributed by atoms with Crippen LogP contribution in [0.5, 0.6) is 0 Å².